The molecule has 4 nitrogen and oxygen atoms in total. The first-order chi connectivity index (χ1) is 6.65. The van der Waals surface area contributed by atoms with Gasteiger partial charge >= 0.3 is 7.12 Å². The van der Waals surface area contributed by atoms with Crippen molar-refractivity contribution in [2.75, 3.05) is 12.3 Å². The zero-order chi connectivity index (χ0) is 10.6. The minimum absolute atomic E-state index is 0.380. The van der Waals surface area contributed by atoms with Gasteiger partial charge in [0.25, 0.3) is 0 Å². The number of anilines is 1. The van der Waals surface area contributed by atoms with Crippen molar-refractivity contribution >= 4 is 18.3 Å². The third-order valence-corrected chi connectivity index (χ3v) is 1.80. The van der Waals surface area contributed by atoms with Gasteiger partial charge in [0.05, 0.1) is 12.3 Å². The van der Waals surface area contributed by atoms with Crippen LogP contribution in [0, 0.1) is 0 Å². The summed E-state index contributed by atoms with van der Waals surface area (Å²) in [5.41, 5.74) is 6.52. The van der Waals surface area contributed by atoms with E-state index in [1.54, 1.807) is 12.1 Å². The van der Waals surface area contributed by atoms with Crippen LogP contribution in [0.15, 0.2) is 18.2 Å². The summed E-state index contributed by atoms with van der Waals surface area (Å²) in [6.45, 7) is 2.55. The molecule has 1 rings (SSSR count). The largest absolute Gasteiger partial charge is 0.491 e. The van der Waals surface area contributed by atoms with Crippen LogP contribution in [-0.4, -0.2) is 23.8 Å². The third kappa shape index (κ3) is 2.65. The fourth-order valence-corrected chi connectivity index (χ4v) is 1.05. The summed E-state index contributed by atoms with van der Waals surface area (Å²) in [7, 11) is -1.49. The van der Waals surface area contributed by atoms with Crippen molar-refractivity contribution in [3.63, 3.8) is 0 Å². The number of hydrogen-bond acceptors (Lipinski definition) is 4. The SMILES string of the molecule is CCCOc1cc(B(O)O)ccc1N. The molecule has 76 valence electrons. The standard InChI is InChI=1S/C9H14BNO3/c1-2-5-14-9-6-7(10(12)13)3-4-8(9)11/h3-4,6,12-13H,2,5,11H2,1H3. The van der Waals surface area contributed by atoms with Gasteiger partial charge < -0.3 is 20.5 Å². The van der Waals surface area contributed by atoms with Gasteiger partial charge in [-0.2, -0.15) is 0 Å². The second kappa shape index (κ2) is 4.88. The predicted octanol–water partition coefficient (Wildman–Crippen LogP) is -0.263. The Kier molecular flexibility index (Phi) is 3.79. The highest BCUT2D eigenvalue weighted by Crippen LogP contribution is 2.18. The van der Waals surface area contributed by atoms with Gasteiger partial charge in [0.15, 0.2) is 0 Å². The molecule has 0 radical (unpaired) electrons. The average Bonchev–Trinajstić information content (AvgIpc) is 2.16. The number of nitrogen functional groups attached to an aromatic ring is 1. The first-order valence-electron chi connectivity index (χ1n) is 4.53. The summed E-state index contributed by atoms with van der Waals surface area (Å²) in [6, 6.07) is 4.69. The van der Waals surface area contributed by atoms with Gasteiger partial charge in [0, 0.05) is 0 Å². The Labute approximate surface area is 83.5 Å². The second-order valence-electron chi connectivity index (χ2n) is 3.02. The van der Waals surface area contributed by atoms with E-state index in [-0.39, 0.29) is 0 Å². The Balaban J connectivity index is 2.85. The van der Waals surface area contributed by atoms with E-state index in [9.17, 15) is 0 Å². The van der Waals surface area contributed by atoms with Crippen molar-refractivity contribution in [3.8, 4) is 5.75 Å². The van der Waals surface area contributed by atoms with Crippen LogP contribution >= 0.6 is 0 Å². The molecule has 0 fully saturated rings. The minimum atomic E-state index is -1.49. The number of nitrogens with two attached hydrogens (primary N) is 1. The highest BCUT2D eigenvalue weighted by Gasteiger charge is 2.12. The van der Waals surface area contributed by atoms with Crippen molar-refractivity contribution < 1.29 is 14.8 Å². The molecule has 0 spiro atoms. The Morgan fingerprint density at radius 3 is 2.71 bits per heavy atom. The zero-order valence-corrected chi connectivity index (χ0v) is 8.10. The molecule has 1 aromatic rings. The maximum Gasteiger partial charge on any atom is 0.488 e. The molecule has 0 atom stereocenters. The lowest BCUT2D eigenvalue weighted by Crippen LogP contribution is -2.29. The van der Waals surface area contributed by atoms with E-state index in [1.165, 1.54) is 6.07 Å². The molecular weight excluding hydrogens is 181 g/mol. The molecule has 1 aromatic carbocycles. The first-order valence-corrected chi connectivity index (χ1v) is 4.53. The highest BCUT2D eigenvalue weighted by atomic mass is 16.5. The quantitative estimate of drug-likeness (QED) is 0.456. The molecule has 0 heterocycles. The van der Waals surface area contributed by atoms with Crippen LogP contribution < -0.4 is 15.9 Å². The Morgan fingerprint density at radius 2 is 2.14 bits per heavy atom. The van der Waals surface area contributed by atoms with Crippen LogP contribution in [0.2, 0.25) is 0 Å². The molecule has 0 saturated heterocycles. The number of rotatable bonds is 4. The third-order valence-electron chi connectivity index (χ3n) is 1.80. The summed E-state index contributed by atoms with van der Waals surface area (Å²) in [5.74, 6) is 0.498. The van der Waals surface area contributed by atoms with Crippen LogP contribution in [-0.2, 0) is 0 Å². The van der Waals surface area contributed by atoms with Crippen molar-refractivity contribution in [1.82, 2.24) is 0 Å². The van der Waals surface area contributed by atoms with Gasteiger partial charge in [0.1, 0.15) is 5.75 Å². The van der Waals surface area contributed by atoms with Gasteiger partial charge in [0.2, 0.25) is 0 Å². The smallest absolute Gasteiger partial charge is 0.488 e. The summed E-state index contributed by atoms with van der Waals surface area (Å²) < 4.78 is 5.33. The second-order valence-corrected chi connectivity index (χ2v) is 3.02. The summed E-state index contributed by atoms with van der Waals surface area (Å²) in [4.78, 5) is 0. The van der Waals surface area contributed by atoms with Crippen LogP contribution in [0.1, 0.15) is 13.3 Å². The molecule has 0 aliphatic carbocycles. The normalized spacial score (nSPS) is 9.93. The van der Waals surface area contributed by atoms with E-state index < -0.39 is 7.12 Å². The van der Waals surface area contributed by atoms with E-state index in [4.69, 9.17) is 20.5 Å². The van der Waals surface area contributed by atoms with Gasteiger partial charge in [-0.05, 0) is 24.0 Å². The van der Waals surface area contributed by atoms with E-state index in [0.717, 1.165) is 6.42 Å². The number of hydrogen-bond donors (Lipinski definition) is 3. The monoisotopic (exact) mass is 195 g/mol. The average molecular weight is 195 g/mol. The van der Waals surface area contributed by atoms with Crippen LogP contribution in [0.5, 0.6) is 5.75 Å². The maximum atomic E-state index is 8.92. The Morgan fingerprint density at radius 1 is 1.43 bits per heavy atom. The van der Waals surface area contributed by atoms with Crippen molar-refractivity contribution in [2.45, 2.75) is 13.3 Å². The summed E-state index contributed by atoms with van der Waals surface area (Å²) in [6.07, 6.45) is 0.880. The summed E-state index contributed by atoms with van der Waals surface area (Å²) in [5, 5.41) is 17.8. The molecule has 14 heavy (non-hydrogen) atoms. The molecule has 5 heteroatoms. The maximum absolute atomic E-state index is 8.92. The molecule has 0 aromatic heterocycles. The molecule has 0 unspecified atom stereocenters. The van der Waals surface area contributed by atoms with Crippen molar-refractivity contribution in [1.29, 1.82) is 0 Å². The molecule has 4 N–H and O–H groups in total. The Bertz CT molecular complexity index is 304. The molecule has 0 aliphatic rings. The topological polar surface area (TPSA) is 75.7 Å². The molecule has 0 aliphatic heterocycles. The fourth-order valence-electron chi connectivity index (χ4n) is 1.05. The highest BCUT2D eigenvalue weighted by molar-refractivity contribution is 6.58. The molecular formula is C9H14BNO3. The predicted molar refractivity (Wildman–Crippen MR) is 56.5 cm³/mol. The summed E-state index contributed by atoms with van der Waals surface area (Å²) >= 11 is 0. The molecule has 0 amide bonds. The first kappa shape index (κ1) is 10.9. The van der Waals surface area contributed by atoms with Gasteiger partial charge in [-0.1, -0.05) is 13.0 Å². The number of benzene rings is 1. The van der Waals surface area contributed by atoms with Gasteiger partial charge in [-0.15, -0.1) is 0 Å². The number of ether oxygens (including phenoxy) is 1. The van der Waals surface area contributed by atoms with Crippen molar-refractivity contribution in [3.05, 3.63) is 18.2 Å². The van der Waals surface area contributed by atoms with Crippen molar-refractivity contribution in [2.24, 2.45) is 0 Å². The van der Waals surface area contributed by atoms with Gasteiger partial charge in [-0.25, -0.2) is 0 Å². The molecule has 0 bridgehead atoms. The lowest BCUT2D eigenvalue weighted by molar-refractivity contribution is 0.319. The lowest BCUT2D eigenvalue weighted by atomic mass is 9.80. The van der Waals surface area contributed by atoms with Crippen LogP contribution in [0.4, 0.5) is 5.69 Å². The minimum Gasteiger partial charge on any atom is -0.491 e. The zero-order valence-electron chi connectivity index (χ0n) is 8.10. The lowest BCUT2D eigenvalue weighted by Gasteiger charge is -2.09. The van der Waals surface area contributed by atoms with Crippen LogP contribution in [0.25, 0.3) is 0 Å². The molecule has 0 saturated carbocycles. The van der Waals surface area contributed by atoms with Crippen LogP contribution in [0.3, 0.4) is 0 Å². The van der Waals surface area contributed by atoms with Gasteiger partial charge in [-0.3, -0.25) is 0 Å². The Hall–Kier alpha value is -1.20. The van der Waals surface area contributed by atoms with E-state index in [0.29, 0.717) is 23.5 Å². The van der Waals surface area contributed by atoms with E-state index in [1.807, 2.05) is 6.92 Å². The van der Waals surface area contributed by atoms with E-state index in [2.05, 4.69) is 0 Å². The van der Waals surface area contributed by atoms with E-state index >= 15 is 0 Å². The fraction of sp³-hybridized carbons (Fsp3) is 0.333.